The van der Waals surface area contributed by atoms with Gasteiger partial charge in [0.15, 0.2) is 0 Å². The predicted molar refractivity (Wildman–Crippen MR) is 127 cm³/mol. The standard InChI is InChI=1S/C25H29ClN4/c1-3-29(4-2)15-14-27-17-23-25-22(12-13-28-23)21-10-5-6-11-24(21)30(25)18-19-8-7-9-20(26)16-19/h5-13,16,27H,3-4,14-15,17-18H2,1-2H3. The number of aromatic nitrogens is 2. The molecule has 30 heavy (non-hydrogen) atoms. The highest BCUT2D eigenvalue weighted by atomic mass is 35.5. The molecule has 0 aliphatic rings. The van der Waals surface area contributed by atoms with Gasteiger partial charge in [-0.3, -0.25) is 4.98 Å². The zero-order chi connectivity index (χ0) is 20.9. The van der Waals surface area contributed by atoms with E-state index in [2.05, 4.69) is 65.0 Å². The van der Waals surface area contributed by atoms with Crippen LogP contribution in [0.15, 0.2) is 60.8 Å². The molecule has 5 heteroatoms. The van der Waals surface area contributed by atoms with Crippen LogP contribution < -0.4 is 5.32 Å². The lowest BCUT2D eigenvalue weighted by Crippen LogP contribution is -2.31. The summed E-state index contributed by atoms with van der Waals surface area (Å²) in [4.78, 5) is 7.18. The first-order chi connectivity index (χ1) is 14.7. The first-order valence-corrected chi connectivity index (χ1v) is 11.1. The first-order valence-electron chi connectivity index (χ1n) is 10.7. The van der Waals surface area contributed by atoms with Crippen LogP contribution in [0.2, 0.25) is 5.02 Å². The van der Waals surface area contributed by atoms with Crippen molar-refractivity contribution in [2.24, 2.45) is 0 Å². The quantitative estimate of drug-likeness (QED) is 0.372. The molecule has 0 fully saturated rings. The van der Waals surface area contributed by atoms with Crippen molar-refractivity contribution in [3.63, 3.8) is 0 Å². The smallest absolute Gasteiger partial charge is 0.0784 e. The van der Waals surface area contributed by atoms with Crippen molar-refractivity contribution in [3.05, 3.63) is 77.1 Å². The fraction of sp³-hybridized carbons (Fsp3) is 0.320. The van der Waals surface area contributed by atoms with Gasteiger partial charge in [-0.25, -0.2) is 0 Å². The lowest BCUT2D eigenvalue weighted by Gasteiger charge is -2.18. The molecule has 0 aliphatic carbocycles. The van der Waals surface area contributed by atoms with Gasteiger partial charge < -0.3 is 14.8 Å². The molecule has 2 aromatic carbocycles. The zero-order valence-electron chi connectivity index (χ0n) is 17.7. The maximum Gasteiger partial charge on any atom is 0.0784 e. The molecule has 2 heterocycles. The molecule has 4 aromatic rings. The highest BCUT2D eigenvalue weighted by molar-refractivity contribution is 6.30. The number of rotatable bonds is 9. The first kappa shape index (κ1) is 20.9. The summed E-state index contributed by atoms with van der Waals surface area (Å²) in [6.07, 6.45) is 1.93. The summed E-state index contributed by atoms with van der Waals surface area (Å²) in [6, 6.07) is 18.8. The number of likely N-dealkylation sites (N-methyl/N-ethyl adjacent to an activating group) is 1. The van der Waals surface area contributed by atoms with E-state index in [9.17, 15) is 0 Å². The van der Waals surface area contributed by atoms with Crippen molar-refractivity contribution in [2.75, 3.05) is 26.2 Å². The maximum absolute atomic E-state index is 6.25. The second-order valence-corrected chi connectivity index (χ2v) is 8.03. The van der Waals surface area contributed by atoms with Crippen molar-refractivity contribution in [1.29, 1.82) is 0 Å². The van der Waals surface area contributed by atoms with Gasteiger partial charge in [0.25, 0.3) is 0 Å². The van der Waals surface area contributed by atoms with Gasteiger partial charge in [-0.2, -0.15) is 0 Å². The largest absolute Gasteiger partial charge is 0.334 e. The third kappa shape index (κ3) is 4.36. The molecule has 156 valence electrons. The Morgan fingerprint density at radius 2 is 1.83 bits per heavy atom. The molecular formula is C25H29ClN4. The number of nitrogens with one attached hydrogen (secondary N) is 1. The van der Waals surface area contributed by atoms with Gasteiger partial charge in [0.2, 0.25) is 0 Å². The lowest BCUT2D eigenvalue weighted by molar-refractivity contribution is 0.302. The predicted octanol–water partition coefficient (Wildman–Crippen LogP) is 5.32. The fourth-order valence-corrected chi connectivity index (χ4v) is 4.38. The van der Waals surface area contributed by atoms with Gasteiger partial charge >= 0.3 is 0 Å². The molecule has 0 saturated heterocycles. The van der Waals surface area contributed by atoms with E-state index in [4.69, 9.17) is 16.6 Å². The zero-order valence-corrected chi connectivity index (χ0v) is 18.5. The number of fused-ring (bicyclic) bond motifs is 3. The summed E-state index contributed by atoms with van der Waals surface area (Å²) >= 11 is 6.25. The summed E-state index contributed by atoms with van der Waals surface area (Å²) in [6.45, 7) is 10.1. The second kappa shape index (κ2) is 9.61. The summed E-state index contributed by atoms with van der Waals surface area (Å²) in [5.41, 5.74) is 4.71. The van der Waals surface area contributed by atoms with Gasteiger partial charge in [-0.05, 0) is 42.9 Å². The Hall–Kier alpha value is -2.40. The Kier molecular flexibility index (Phi) is 6.68. The van der Waals surface area contributed by atoms with Gasteiger partial charge in [0.1, 0.15) is 0 Å². The molecule has 0 radical (unpaired) electrons. The summed E-state index contributed by atoms with van der Waals surface area (Å²) in [5.74, 6) is 0. The van der Waals surface area contributed by atoms with E-state index in [1.165, 1.54) is 27.4 Å². The maximum atomic E-state index is 6.25. The molecule has 0 amide bonds. The lowest BCUT2D eigenvalue weighted by atomic mass is 10.1. The molecular weight excluding hydrogens is 392 g/mol. The molecule has 0 spiro atoms. The minimum Gasteiger partial charge on any atom is -0.334 e. The van der Waals surface area contributed by atoms with Crippen molar-refractivity contribution in [3.8, 4) is 0 Å². The van der Waals surface area contributed by atoms with E-state index in [-0.39, 0.29) is 0 Å². The number of hydrogen-bond acceptors (Lipinski definition) is 3. The summed E-state index contributed by atoms with van der Waals surface area (Å²) in [5, 5.41) is 6.89. The second-order valence-electron chi connectivity index (χ2n) is 7.59. The van der Waals surface area contributed by atoms with Crippen molar-refractivity contribution in [2.45, 2.75) is 26.9 Å². The molecule has 0 unspecified atom stereocenters. The fourth-order valence-electron chi connectivity index (χ4n) is 4.17. The summed E-state index contributed by atoms with van der Waals surface area (Å²) in [7, 11) is 0. The minimum atomic E-state index is 0.754. The summed E-state index contributed by atoms with van der Waals surface area (Å²) < 4.78 is 2.38. The average Bonchev–Trinajstić information content (AvgIpc) is 3.08. The van der Waals surface area contributed by atoms with Gasteiger partial charge in [-0.1, -0.05) is 55.8 Å². The molecule has 2 aromatic heterocycles. The van der Waals surface area contributed by atoms with Crippen LogP contribution in [-0.4, -0.2) is 40.6 Å². The van der Waals surface area contributed by atoms with Crippen LogP contribution in [0.25, 0.3) is 21.8 Å². The van der Waals surface area contributed by atoms with Crippen molar-refractivity contribution >= 4 is 33.4 Å². The highest BCUT2D eigenvalue weighted by Gasteiger charge is 2.15. The molecule has 0 aliphatic heterocycles. The van der Waals surface area contributed by atoms with Gasteiger partial charge in [0.05, 0.1) is 11.2 Å². The Balaban J connectivity index is 1.69. The van der Waals surface area contributed by atoms with Crippen molar-refractivity contribution in [1.82, 2.24) is 19.8 Å². The number of benzene rings is 2. The number of nitrogens with zero attached hydrogens (tertiary/aromatic N) is 3. The van der Waals surface area contributed by atoms with Crippen LogP contribution in [0.1, 0.15) is 25.1 Å². The van der Waals surface area contributed by atoms with Crippen LogP contribution in [0.5, 0.6) is 0 Å². The molecule has 0 bridgehead atoms. The number of hydrogen-bond donors (Lipinski definition) is 1. The highest BCUT2D eigenvalue weighted by Crippen LogP contribution is 2.31. The number of pyridine rings is 1. The van der Waals surface area contributed by atoms with Gasteiger partial charge in [0, 0.05) is 53.7 Å². The van der Waals surface area contributed by atoms with E-state index in [0.717, 1.165) is 50.0 Å². The van der Waals surface area contributed by atoms with Crippen LogP contribution in [-0.2, 0) is 13.1 Å². The third-order valence-corrected chi connectivity index (χ3v) is 6.01. The Morgan fingerprint density at radius 3 is 2.63 bits per heavy atom. The average molecular weight is 421 g/mol. The molecule has 4 rings (SSSR count). The van der Waals surface area contributed by atoms with Crippen molar-refractivity contribution < 1.29 is 0 Å². The van der Waals surface area contributed by atoms with Gasteiger partial charge in [-0.15, -0.1) is 0 Å². The van der Waals surface area contributed by atoms with E-state index in [1.807, 2.05) is 24.4 Å². The third-order valence-electron chi connectivity index (χ3n) is 5.78. The normalized spacial score (nSPS) is 11.7. The molecule has 0 saturated carbocycles. The molecule has 0 atom stereocenters. The Morgan fingerprint density at radius 1 is 1.00 bits per heavy atom. The SMILES string of the molecule is CCN(CC)CCNCc1nccc2c3ccccc3n(Cc3cccc(Cl)c3)c12. The van der Waals surface area contributed by atoms with E-state index in [1.54, 1.807) is 0 Å². The van der Waals surface area contributed by atoms with E-state index >= 15 is 0 Å². The van der Waals surface area contributed by atoms with E-state index in [0.29, 0.717) is 0 Å². The van der Waals surface area contributed by atoms with Crippen LogP contribution in [0, 0.1) is 0 Å². The number of halogens is 1. The minimum absolute atomic E-state index is 0.754. The van der Waals surface area contributed by atoms with Crippen LogP contribution in [0.4, 0.5) is 0 Å². The van der Waals surface area contributed by atoms with E-state index < -0.39 is 0 Å². The molecule has 4 nitrogen and oxygen atoms in total. The van der Waals surface area contributed by atoms with Crippen LogP contribution >= 0.6 is 11.6 Å². The monoisotopic (exact) mass is 420 g/mol. The Labute approximate surface area is 183 Å². The van der Waals surface area contributed by atoms with Crippen LogP contribution in [0.3, 0.4) is 0 Å². The molecule has 1 N–H and O–H groups in total. The Bertz CT molecular complexity index is 1130. The number of para-hydroxylation sites is 1. The topological polar surface area (TPSA) is 33.1 Å².